The summed E-state index contributed by atoms with van der Waals surface area (Å²) in [6.07, 6.45) is 1.50. The Labute approximate surface area is 131 Å². The summed E-state index contributed by atoms with van der Waals surface area (Å²) in [5.41, 5.74) is 0.536. The first-order chi connectivity index (χ1) is 11.0. The van der Waals surface area contributed by atoms with E-state index in [0.29, 0.717) is 22.7 Å². The zero-order valence-electron chi connectivity index (χ0n) is 12.6. The quantitative estimate of drug-likeness (QED) is 0.869. The van der Waals surface area contributed by atoms with Crippen molar-refractivity contribution in [2.24, 2.45) is 7.05 Å². The average molecular weight is 314 g/mol. The molecule has 0 fully saturated rings. The summed E-state index contributed by atoms with van der Waals surface area (Å²) in [7, 11) is 1.59. The number of carbonyl (C=O) groups excluding carboxylic acids is 2. The van der Waals surface area contributed by atoms with E-state index in [-0.39, 0.29) is 23.7 Å². The number of aryl methyl sites for hydroxylation is 1. The number of ketones is 1. The molecule has 1 amide bonds. The van der Waals surface area contributed by atoms with Gasteiger partial charge in [-0.1, -0.05) is 0 Å². The van der Waals surface area contributed by atoms with E-state index in [4.69, 9.17) is 9.47 Å². The van der Waals surface area contributed by atoms with Crippen molar-refractivity contribution in [3.05, 3.63) is 51.9 Å². The van der Waals surface area contributed by atoms with Gasteiger partial charge in [-0.25, -0.2) is 0 Å². The lowest BCUT2D eigenvalue weighted by Gasteiger charge is -2.11. The molecule has 0 saturated heterocycles. The van der Waals surface area contributed by atoms with Crippen molar-refractivity contribution in [1.82, 2.24) is 4.57 Å². The SMILES string of the molecule is CC(=O)c1cc2c(cc1NC(=O)c1ccn(C)c(=O)c1)OCO2. The minimum absolute atomic E-state index is 0.0683. The molecule has 118 valence electrons. The minimum atomic E-state index is -0.482. The fraction of sp³-hybridized carbons (Fsp3) is 0.188. The molecule has 0 atom stereocenters. The molecular weight excluding hydrogens is 300 g/mol. The summed E-state index contributed by atoms with van der Waals surface area (Å²) in [4.78, 5) is 35.7. The third kappa shape index (κ3) is 2.80. The summed E-state index contributed by atoms with van der Waals surface area (Å²) in [5, 5.41) is 2.64. The van der Waals surface area contributed by atoms with Crippen LogP contribution in [0.4, 0.5) is 5.69 Å². The number of carbonyl (C=O) groups is 2. The van der Waals surface area contributed by atoms with Gasteiger partial charge in [0.15, 0.2) is 17.3 Å². The molecule has 0 unspecified atom stereocenters. The van der Waals surface area contributed by atoms with Gasteiger partial charge in [0, 0.05) is 36.5 Å². The number of ether oxygens (including phenoxy) is 2. The Kier molecular flexibility index (Phi) is 3.61. The van der Waals surface area contributed by atoms with E-state index in [2.05, 4.69) is 5.32 Å². The maximum Gasteiger partial charge on any atom is 0.255 e. The third-order valence-corrected chi connectivity index (χ3v) is 3.51. The first kappa shape index (κ1) is 14.8. The number of fused-ring (bicyclic) bond motifs is 1. The van der Waals surface area contributed by atoms with Crippen LogP contribution in [0.15, 0.2) is 35.3 Å². The number of nitrogens with one attached hydrogen (secondary N) is 1. The van der Waals surface area contributed by atoms with Crippen molar-refractivity contribution < 1.29 is 19.1 Å². The Balaban J connectivity index is 1.95. The summed E-state index contributed by atoms with van der Waals surface area (Å²) < 4.78 is 11.8. The van der Waals surface area contributed by atoms with E-state index >= 15 is 0 Å². The van der Waals surface area contributed by atoms with Gasteiger partial charge >= 0.3 is 0 Å². The van der Waals surface area contributed by atoms with Crippen molar-refractivity contribution in [1.29, 1.82) is 0 Å². The number of hydrogen-bond donors (Lipinski definition) is 1. The second kappa shape index (κ2) is 5.60. The summed E-state index contributed by atoms with van der Waals surface area (Å²) in [5.74, 6) is 0.211. The van der Waals surface area contributed by atoms with Crippen LogP contribution in [-0.2, 0) is 7.05 Å². The molecule has 0 spiro atoms. The molecule has 1 aliphatic heterocycles. The largest absolute Gasteiger partial charge is 0.454 e. The molecule has 0 saturated carbocycles. The van der Waals surface area contributed by atoms with Gasteiger partial charge < -0.3 is 19.4 Å². The zero-order valence-corrected chi connectivity index (χ0v) is 12.6. The molecular formula is C16H14N2O5. The van der Waals surface area contributed by atoms with Gasteiger partial charge in [0.25, 0.3) is 11.5 Å². The lowest BCUT2D eigenvalue weighted by Crippen LogP contribution is -2.20. The van der Waals surface area contributed by atoms with Crippen LogP contribution in [0.3, 0.4) is 0 Å². The molecule has 0 radical (unpaired) electrons. The van der Waals surface area contributed by atoms with Crippen molar-refractivity contribution in [3.8, 4) is 11.5 Å². The predicted molar refractivity (Wildman–Crippen MR) is 82.2 cm³/mol. The Bertz CT molecular complexity index is 869. The fourth-order valence-corrected chi connectivity index (χ4v) is 2.22. The van der Waals surface area contributed by atoms with Gasteiger partial charge in [0.1, 0.15) is 0 Å². The lowest BCUT2D eigenvalue weighted by molar-refractivity contribution is 0.101. The van der Waals surface area contributed by atoms with E-state index in [0.717, 1.165) is 0 Å². The molecule has 23 heavy (non-hydrogen) atoms. The predicted octanol–water partition coefficient (Wildman–Crippen LogP) is 1.57. The molecule has 0 aliphatic carbocycles. The van der Waals surface area contributed by atoms with Gasteiger partial charge in [-0.05, 0) is 19.1 Å². The van der Waals surface area contributed by atoms with Gasteiger partial charge in [-0.2, -0.15) is 0 Å². The number of benzene rings is 1. The summed E-state index contributed by atoms with van der Waals surface area (Å²) in [6.45, 7) is 1.46. The Morgan fingerprint density at radius 2 is 1.87 bits per heavy atom. The smallest absolute Gasteiger partial charge is 0.255 e. The Morgan fingerprint density at radius 1 is 1.17 bits per heavy atom. The fourth-order valence-electron chi connectivity index (χ4n) is 2.22. The molecule has 3 rings (SSSR count). The number of anilines is 1. The van der Waals surface area contributed by atoms with Crippen molar-refractivity contribution in [2.75, 3.05) is 12.1 Å². The van der Waals surface area contributed by atoms with Crippen LogP contribution < -0.4 is 20.3 Å². The molecule has 7 heteroatoms. The number of Topliss-reactive ketones (excluding diaryl/α,β-unsaturated/α-hetero) is 1. The molecule has 7 nitrogen and oxygen atoms in total. The molecule has 0 bridgehead atoms. The van der Waals surface area contributed by atoms with Gasteiger partial charge in [0.2, 0.25) is 6.79 Å². The highest BCUT2D eigenvalue weighted by Crippen LogP contribution is 2.37. The summed E-state index contributed by atoms with van der Waals surface area (Å²) in [6, 6.07) is 5.83. The molecule has 1 aromatic carbocycles. The number of pyridine rings is 1. The van der Waals surface area contributed by atoms with Crippen LogP contribution in [0, 0.1) is 0 Å². The summed E-state index contributed by atoms with van der Waals surface area (Å²) >= 11 is 0. The average Bonchev–Trinajstić information content (AvgIpc) is 2.96. The van der Waals surface area contributed by atoms with E-state index in [9.17, 15) is 14.4 Å². The highest BCUT2D eigenvalue weighted by atomic mass is 16.7. The maximum absolute atomic E-state index is 12.3. The van der Waals surface area contributed by atoms with Crippen LogP contribution in [0.25, 0.3) is 0 Å². The van der Waals surface area contributed by atoms with Crippen LogP contribution in [0.2, 0.25) is 0 Å². The Hall–Kier alpha value is -3.09. The van der Waals surface area contributed by atoms with Gasteiger partial charge in [0.05, 0.1) is 5.69 Å². The van der Waals surface area contributed by atoms with E-state index in [1.807, 2.05) is 0 Å². The minimum Gasteiger partial charge on any atom is -0.454 e. The molecule has 2 aromatic rings. The van der Waals surface area contributed by atoms with Crippen molar-refractivity contribution in [3.63, 3.8) is 0 Å². The molecule has 1 N–H and O–H groups in total. The maximum atomic E-state index is 12.3. The molecule has 1 aliphatic rings. The molecule has 1 aromatic heterocycles. The van der Waals surface area contributed by atoms with E-state index < -0.39 is 5.91 Å². The van der Waals surface area contributed by atoms with Crippen LogP contribution >= 0.6 is 0 Å². The first-order valence-electron chi connectivity index (χ1n) is 6.88. The number of nitrogens with zero attached hydrogens (tertiary/aromatic N) is 1. The Morgan fingerprint density at radius 3 is 2.52 bits per heavy atom. The normalized spacial score (nSPS) is 12.1. The van der Waals surface area contributed by atoms with Gasteiger partial charge in [-0.3, -0.25) is 14.4 Å². The van der Waals surface area contributed by atoms with Crippen LogP contribution in [0.5, 0.6) is 11.5 Å². The highest BCUT2D eigenvalue weighted by Gasteiger charge is 2.20. The number of amides is 1. The number of hydrogen-bond acceptors (Lipinski definition) is 5. The number of aromatic nitrogens is 1. The lowest BCUT2D eigenvalue weighted by atomic mass is 10.1. The van der Waals surface area contributed by atoms with Crippen LogP contribution in [0.1, 0.15) is 27.6 Å². The second-order valence-corrected chi connectivity index (χ2v) is 5.13. The van der Waals surface area contributed by atoms with Gasteiger partial charge in [-0.15, -0.1) is 0 Å². The molecule has 2 heterocycles. The topological polar surface area (TPSA) is 86.6 Å². The third-order valence-electron chi connectivity index (χ3n) is 3.51. The van der Waals surface area contributed by atoms with Crippen molar-refractivity contribution in [2.45, 2.75) is 6.92 Å². The number of rotatable bonds is 3. The second-order valence-electron chi connectivity index (χ2n) is 5.13. The highest BCUT2D eigenvalue weighted by molar-refractivity contribution is 6.09. The van der Waals surface area contributed by atoms with E-state index in [1.54, 1.807) is 7.05 Å². The van der Waals surface area contributed by atoms with E-state index in [1.165, 1.54) is 42.0 Å². The van der Waals surface area contributed by atoms with Crippen LogP contribution in [-0.4, -0.2) is 23.1 Å². The van der Waals surface area contributed by atoms with Crippen molar-refractivity contribution >= 4 is 17.4 Å². The first-order valence-corrected chi connectivity index (χ1v) is 6.88. The standard InChI is InChI=1S/C16H14N2O5/c1-9(19)11-6-13-14(23-8-22-13)7-12(11)17-16(21)10-3-4-18(2)15(20)5-10/h3-7H,8H2,1-2H3,(H,17,21). The zero-order chi connectivity index (χ0) is 16.6. The monoisotopic (exact) mass is 314 g/mol.